The third-order valence-corrected chi connectivity index (χ3v) is 5.48. The number of nitrogens with zero attached hydrogens (tertiary/aromatic N) is 4. The fourth-order valence-corrected chi connectivity index (χ4v) is 3.83. The molecule has 0 bridgehead atoms. The van der Waals surface area contributed by atoms with E-state index in [1.807, 2.05) is 61.6 Å². The fourth-order valence-electron chi connectivity index (χ4n) is 3.83. The lowest BCUT2D eigenvalue weighted by Crippen LogP contribution is -2.24. The zero-order chi connectivity index (χ0) is 21.9. The lowest BCUT2D eigenvalue weighted by Gasteiger charge is -2.22. The summed E-state index contributed by atoms with van der Waals surface area (Å²) in [5.74, 6) is 2.05. The molecule has 1 aromatic heterocycles. The summed E-state index contributed by atoms with van der Waals surface area (Å²) in [5, 5.41) is 3.19. The van der Waals surface area contributed by atoms with Gasteiger partial charge in [-0.2, -0.15) is 0 Å². The highest BCUT2D eigenvalue weighted by molar-refractivity contribution is 5.90. The molecule has 3 aromatic carbocycles. The van der Waals surface area contributed by atoms with Gasteiger partial charge in [0.15, 0.2) is 11.6 Å². The van der Waals surface area contributed by atoms with Crippen LogP contribution in [-0.2, 0) is 6.61 Å². The standard InChI is InChI=1S/C25H24N6O/c1-27-19-8-5-9-21(14-19)31-17-30(23-24(26)28-16-29-25(23)31)20-10-12-22(13-11-20)32-15-18-6-3-2-4-7-18/h2-14,16,27H,15,17H2,1H3,(H2,26,28,29). The van der Waals surface area contributed by atoms with E-state index in [9.17, 15) is 0 Å². The summed E-state index contributed by atoms with van der Waals surface area (Å²) in [6, 6.07) is 26.3. The molecule has 1 aliphatic heterocycles. The molecule has 0 amide bonds. The minimum absolute atomic E-state index is 0.451. The Hall–Kier alpha value is -4.26. The Labute approximate surface area is 187 Å². The highest BCUT2D eigenvalue weighted by Crippen LogP contribution is 2.45. The lowest BCUT2D eigenvalue weighted by atomic mass is 10.2. The van der Waals surface area contributed by atoms with Crippen molar-refractivity contribution >= 4 is 34.4 Å². The molecule has 5 rings (SSSR count). The van der Waals surface area contributed by atoms with Crippen LogP contribution in [0.5, 0.6) is 5.75 Å². The number of anilines is 6. The maximum absolute atomic E-state index is 6.28. The van der Waals surface area contributed by atoms with Crippen molar-refractivity contribution in [1.82, 2.24) is 9.97 Å². The smallest absolute Gasteiger partial charge is 0.164 e. The first-order chi connectivity index (χ1) is 15.7. The second-order valence-electron chi connectivity index (χ2n) is 7.50. The van der Waals surface area contributed by atoms with Gasteiger partial charge in [-0.15, -0.1) is 0 Å². The highest BCUT2D eigenvalue weighted by atomic mass is 16.5. The van der Waals surface area contributed by atoms with Crippen molar-refractivity contribution in [3.8, 4) is 5.75 Å². The van der Waals surface area contributed by atoms with E-state index in [1.165, 1.54) is 6.33 Å². The topological polar surface area (TPSA) is 79.5 Å². The number of rotatable bonds is 6. The normalized spacial score (nSPS) is 12.5. The number of nitrogen functional groups attached to an aromatic ring is 1. The van der Waals surface area contributed by atoms with Crippen LogP contribution in [-0.4, -0.2) is 23.7 Å². The molecule has 0 spiro atoms. The zero-order valence-electron chi connectivity index (χ0n) is 17.8. The van der Waals surface area contributed by atoms with Crippen molar-refractivity contribution in [3.63, 3.8) is 0 Å². The van der Waals surface area contributed by atoms with Crippen LogP contribution >= 0.6 is 0 Å². The van der Waals surface area contributed by atoms with Crippen LogP contribution in [0.25, 0.3) is 0 Å². The second-order valence-corrected chi connectivity index (χ2v) is 7.50. The minimum atomic E-state index is 0.451. The molecule has 0 aliphatic carbocycles. The number of hydrogen-bond donors (Lipinski definition) is 2. The van der Waals surface area contributed by atoms with Gasteiger partial charge in [0.25, 0.3) is 0 Å². The van der Waals surface area contributed by atoms with Crippen LogP contribution in [0.4, 0.5) is 34.4 Å². The van der Waals surface area contributed by atoms with Gasteiger partial charge in [0, 0.05) is 24.1 Å². The van der Waals surface area contributed by atoms with Gasteiger partial charge < -0.3 is 25.6 Å². The van der Waals surface area contributed by atoms with Crippen molar-refractivity contribution in [2.45, 2.75) is 6.61 Å². The molecule has 2 heterocycles. The van der Waals surface area contributed by atoms with E-state index >= 15 is 0 Å². The van der Waals surface area contributed by atoms with Crippen molar-refractivity contribution in [1.29, 1.82) is 0 Å². The number of hydrogen-bond acceptors (Lipinski definition) is 7. The first-order valence-electron chi connectivity index (χ1n) is 10.4. The van der Waals surface area contributed by atoms with Crippen molar-refractivity contribution in [2.75, 3.05) is 34.6 Å². The molecule has 3 N–H and O–H groups in total. The SMILES string of the molecule is CNc1cccc(N2CN(c3ccc(OCc4ccccc4)cc3)c3c(N)ncnc32)c1. The number of aromatic nitrogens is 2. The van der Waals surface area contributed by atoms with Gasteiger partial charge in [-0.05, 0) is 48.0 Å². The fraction of sp³-hybridized carbons (Fsp3) is 0.120. The van der Waals surface area contributed by atoms with Gasteiger partial charge >= 0.3 is 0 Å². The van der Waals surface area contributed by atoms with E-state index in [1.54, 1.807) is 0 Å². The third-order valence-electron chi connectivity index (χ3n) is 5.48. The van der Waals surface area contributed by atoms with Gasteiger partial charge in [-0.1, -0.05) is 36.4 Å². The average molecular weight is 425 g/mol. The van der Waals surface area contributed by atoms with Crippen LogP contribution in [0.15, 0.2) is 85.2 Å². The molecule has 160 valence electrons. The summed E-state index contributed by atoms with van der Waals surface area (Å²) in [7, 11) is 1.91. The zero-order valence-corrected chi connectivity index (χ0v) is 17.8. The van der Waals surface area contributed by atoms with Gasteiger partial charge in [0.2, 0.25) is 0 Å². The largest absolute Gasteiger partial charge is 0.489 e. The Balaban J connectivity index is 1.41. The highest BCUT2D eigenvalue weighted by Gasteiger charge is 2.32. The van der Waals surface area contributed by atoms with Crippen molar-refractivity contribution in [3.05, 3.63) is 90.8 Å². The summed E-state index contributed by atoms with van der Waals surface area (Å²) in [6.45, 7) is 1.11. The Bertz CT molecular complexity index is 1210. The number of nitrogens with two attached hydrogens (primary N) is 1. The molecule has 1 aliphatic rings. The molecular formula is C25H24N6O. The summed E-state index contributed by atoms with van der Waals surface area (Å²) in [5.41, 5.74) is 11.3. The van der Waals surface area contributed by atoms with E-state index in [0.717, 1.165) is 39.9 Å². The number of benzene rings is 3. The summed E-state index contributed by atoms with van der Waals surface area (Å²) in [4.78, 5) is 13.0. The Morgan fingerprint density at radius 2 is 1.72 bits per heavy atom. The molecular weight excluding hydrogens is 400 g/mol. The van der Waals surface area contributed by atoms with Gasteiger partial charge in [0.1, 0.15) is 31.0 Å². The van der Waals surface area contributed by atoms with E-state index in [2.05, 4.69) is 49.4 Å². The monoisotopic (exact) mass is 424 g/mol. The van der Waals surface area contributed by atoms with Crippen LogP contribution < -0.4 is 25.6 Å². The molecule has 7 nitrogen and oxygen atoms in total. The molecule has 0 saturated heterocycles. The van der Waals surface area contributed by atoms with Gasteiger partial charge in [-0.3, -0.25) is 0 Å². The second kappa shape index (κ2) is 8.47. The van der Waals surface area contributed by atoms with Crippen LogP contribution in [0.1, 0.15) is 5.56 Å². The predicted molar refractivity (Wildman–Crippen MR) is 129 cm³/mol. The molecule has 32 heavy (non-hydrogen) atoms. The molecule has 7 heteroatoms. The van der Waals surface area contributed by atoms with E-state index in [4.69, 9.17) is 10.5 Å². The first-order valence-corrected chi connectivity index (χ1v) is 10.4. The van der Waals surface area contributed by atoms with Gasteiger partial charge in [-0.25, -0.2) is 9.97 Å². The molecule has 0 fully saturated rings. The Kier molecular flexibility index (Phi) is 5.21. The molecule has 0 saturated carbocycles. The van der Waals surface area contributed by atoms with E-state index < -0.39 is 0 Å². The van der Waals surface area contributed by atoms with E-state index in [-0.39, 0.29) is 0 Å². The number of fused-ring (bicyclic) bond motifs is 1. The Morgan fingerprint density at radius 1 is 0.906 bits per heavy atom. The van der Waals surface area contributed by atoms with E-state index in [0.29, 0.717) is 19.1 Å². The van der Waals surface area contributed by atoms with Crippen molar-refractivity contribution < 1.29 is 4.74 Å². The molecule has 4 aromatic rings. The summed E-state index contributed by atoms with van der Waals surface area (Å²) in [6.07, 6.45) is 1.51. The number of ether oxygens (including phenoxy) is 1. The minimum Gasteiger partial charge on any atom is -0.489 e. The van der Waals surface area contributed by atoms with Crippen LogP contribution in [0.2, 0.25) is 0 Å². The quantitative estimate of drug-likeness (QED) is 0.454. The average Bonchev–Trinajstić information content (AvgIpc) is 3.25. The number of nitrogens with one attached hydrogen (secondary N) is 1. The summed E-state index contributed by atoms with van der Waals surface area (Å²) < 4.78 is 5.93. The molecule has 0 atom stereocenters. The lowest BCUT2D eigenvalue weighted by molar-refractivity contribution is 0.306. The van der Waals surface area contributed by atoms with Crippen molar-refractivity contribution in [2.24, 2.45) is 0 Å². The third kappa shape index (κ3) is 3.76. The first kappa shape index (κ1) is 19.7. The van der Waals surface area contributed by atoms with Crippen LogP contribution in [0, 0.1) is 0 Å². The predicted octanol–water partition coefficient (Wildman–Crippen LogP) is 4.93. The maximum Gasteiger partial charge on any atom is 0.164 e. The maximum atomic E-state index is 6.28. The molecule has 0 radical (unpaired) electrons. The summed E-state index contributed by atoms with van der Waals surface area (Å²) >= 11 is 0. The molecule has 0 unspecified atom stereocenters. The van der Waals surface area contributed by atoms with Gasteiger partial charge in [0.05, 0.1) is 0 Å². The Morgan fingerprint density at radius 3 is 2.50 bits per heavy atom. The van der Waals surface area contributed by atoms with Crippen LogP contribution in [0.3, 0.4) is 0 Å².